The van der Waals surface area contributed by atoms with Crippen LogP contribution in [0, 0.1) is 0 Å². The summed E-state index contributed by atoms with van der Waals surface area (Å²) >= 11 is 0. The highest BCUT2D eigenvalue weighted by Gasteiger charge is 2.22. The molecule has 0 rings (SSSR count). The molecule has 0 spiro atoms. The van der Waals surface area contributed by atoms with Gasteiger partial charge in [-0.2, -0.15) is 0 Å². The number of ether oxygens (including phenoxy) is 2. The van der Waals surface area contributed by atoms with E-state index in [0.717, 1.165) is 12.8 Å². The zero-order valence-corrected chi connectivity index (χ0v) is 9.27. The molecular formula is C7H17O6P. The summed E-state index contributed by atoms with van der Waals surface area (Å²) in [6, 6.07) is 0. The first-order chi connectivity index (χ1) is 6.49. The van der Waals surface area contributed by atoms with Crippen LogP contribution in [0.1, 0.15) is 26.7 Å². The van der Waals surface area contributed by atoms with E-state index in [1.807, 2.05) is 13.8 Å². The van der Waals surface area contributed by atoms with E-state index in [4.69, 9.17) is 19.3 Å². The summed E-state index contributed by atoms with van der Waals surface area (Å²) in [6.45, 7) is 3.11. The van der Waals surface area contributed by atoms with E-state index < -0.39 is 14.3 Å². The highest BCUT2D eigenvalue weighted by atomic mass is 31.2. The Morgan fingerprint density at radius 3 is 1.86 bits per heavy atom. The predicted molar refractivity (Wildman–Crippen MR) is 49.4 cm³/mol. The minimum atomic E-state index is -4.55. The van der Waals surface area contributed by atoms with E-state index in [9.17, 15) is 4.57 Å². The third-order valence-corrected chi connectivity index (χ3v) is 1.59. The highest BCUT2D eigenvalue weighted by molar-refractivity contribution is 7.46. The Morgan fingerprint density at radius 1 is 1.14 bits per heavy atom. The summed E-state index contributed by atoms with van der Waals surface area (Å²) < 4.78 is 24.6. The zero-order valence-electron chi connectivity index (χ0n) is 8.38. The van der Waals surface area contributed by atoms with Crippen molar-refractivity contribution in [3.8, 4) is 0 Å². The van der Waals surface area contributed by atoms with Crippen molar-refractivity contribution in [1.29, 1.82) is 0 Å². The standard InChI is InChI=1S/C7H17O6P/c1-3-5-11-7(12-6-4-2)13-14(8,9)10/h7H,3-6H2,1-2H3,(H2,8,9,10). The molecule has 0 aromatic rings. The zero-order chi connectivity index (χ0) is 11.0. The van der Waals surface area contributed by atoms with Gasteiger partial charge in [-0.25, -0.2) is 9.09 Å². The molecule has 0 unspecified atom stereocenters. The molecule has 2 N–H and O–H groups in total. The van der Waals surface area contributed by atoms with Gasteiger partial charge in [0, 0.05) is 0 Å². The highest BCUT2D eigenvalue weighted by Crippen LogP contribution is 2.38. The maximum atomic E-state index is 10.5. The largest absolute Gasteiger partial charge is 0.473 e. The molecule has 86 valence electrons. The molecule has 0 saturated heterocycles. The summed E-state index contributed by atoms with van der Waals surface area (Å²) in [4.78, 5) is 17.0. The lowest BCUT2D eigenvalue weighted by molar-refractivity contribution is -0.252. The summed E-state index contributed by atoms with van der Waals surface area (Å²) in [5.74, 6) is 0. The van der Waals surface area contributed by atoms with E-state index in [1.54, 1.807) is 0 Å². The lowest BCUT2D eigenvalue weighted by Gasteiger charge is -2.18. The first-order valence-electron chi connectivity index (χ1n) is 4.46. The maximum Gasteiger partial charge on any atom is 0.473 e. The molecule has 0 aromatic heterocycles. The predicted octanol–water partition coefficient (Wildman–Crippen LogP) is 1.23. The summed E-state index contributed by atoms with van der Waals surface area (Å²) in [7, 11) is -4.55. The summed E-state index contributed by atoms with van der Waals surface area (Å²) in [5, 5.41) is 0. The fourth-order valence-corrected chi connectivity index (χ4v) is 0.995. The number of rotatable bonds is 8. The first-order valence-corrected chi connectivity index (χ1v) is 5.99. The molecule has 6 nitrogen and oxygen atoms in total. The molecule has 0 heterocycles. The number of hydrogen-bond acceptors (Lipinski definition) is 4. The van der Waals surface area contributed by atoms with Crippen LogP contribution in [0.3, 0.4) is 0 Å². The van der Waals surface area contributed by atoms with Crippen LogP contribution in [-0.4, -0.2) is 29.5 Å². The molecule has 0 amide bonds. The molecule has 7 heteroatoms. The van der Waals surface area contributed by atoms with Crippen molar-refractivity contribution in [1.82, 2.24) is 0 Å². The van der Waals surface area contributed by atoms with Gasteiger partial charge in [-0.15, -0.1) is 0 Å². The SMILES string of the molecule is CCCOC(OCCC)OP(=O)(O)O. The third-order valence-electron chi connectivity index (χ3n) is 1.14. The lowest BCUT2D eigenvalue weighted by Crippen LogP contribution is -2.20. The summed E-state index contributed by atoms with van der Waals surface area (Å²) in [6.07, 6.45) is 1.44. The summed E-state index contributed by atoms with van der Waals surface area (Å²) in [5.41, 5.74) is 0. The first kappa shape index (κ1) is 14.0. The Bertz CT molecular complexity index is 171. The monoisotopic (exact) mass is 228 g/mol. The normalized spacial score (nSPS) is 12.4. The van der Waals surface area contributed by atoms with Crippen molar-refractivity contribution in [2.45, 2.75) is 33.2 Å². The van der Waals surface area contributed by atoms with Crippen molar-refractivity contribution in [3.63, 3.8) is 0 Å². The van der Waals surface area contributed by atoms with Gasteiger partial charge in [0.2, 0.25) is 0 Å². The van der Waals surface area contributed by atoms with Crippen LogP contribution in [0.4, 0.5) is 0 Å². The van der Waals surface area contributed by atoms with Crippen LogP contribution in [0.5, 0.6) is 0 Å². The van der Waals surface area contributed by atoms with Gasteiger partial charge in [0.25, 0.3) is 6.48 Å². The molecule has 14 heavy (non-hydrogen) atoms. The van der Waals surface area contributed by atoms with E-state index >= 15 is 0 Å². The van der Waals surface area contributed by atoms with Crippen molar-refractivity contribution in [2.75, 3.05) is 13.2 Å². The third kappa shape index (κ3) is 8.62. The Balaban J connectivity index is 3.90. The van der Waals surface area contributed by atoms with Gasteiger partial charge in [0.1, 0.15) is 0 Å². The Morgan fingerprint density at radius 2 is 1.57 bits per heavy atom. The Hall–Kier alpha value is 0.0300. The smallest absolute Gasteiger partial charge is 0.330 e. The van der Waals surface area contributed by atoms with Crippen molar-refractivity contribution < 1.29 is 28.3 Å². The molecule has 0 aliphatic heterocycles. The topological polar surface area (TPSA) is 85.2 Å². The van der Waals surface area contributed by atoms with Gasteiger partial charge in [0.05, 0.1) is 13.2 Å². The minimum absolute atomic E-state index is 0.328. The molecule has 0 atom stereocenters. The van der Waals surface area contributed by atoms with Crippen LogP contribution in [-0.2, 0) is 18.6 Å². The van der Waals surface area contributed by atoms with Gasteiger partial charge in [0.15, 0.2) is 0 Å². The number of phosphoric acid groups is 1. The molecule has 0 saturated carbocycles. The minimum Gasteiger partial charge on any atom is -0.330 e. The molecule has 0 aromatic carbocycles. The molecule has 0 bridgehead atoms. The average Bonchev–Trinajstić information content (AvgIpc) is 2.07. The van der Waals surface area contributed by atoms with E-state index in [2.05, 4.69) is 4.52 Å². The molecular weight excluding hydrogens is 211 g/mol. The van der Waals surface area contributed by atoms with Crippen LogP contribution >= 0.6 is 7.82 Å². The molecule has 0 fully saturated rings. The Kier molecular flexibility index (Phi) is 7.35. The quantitative estimate of drug-likeness (QED) is 0.480. The van der Waals surface area contributed by atoms with Crippen molar-refractivity contribution >= 4 is 7.82 Å². The van der Waals surface area contributed by atoms with Crippen LogP contribution < -0.4 is 0 Å². The van der Waals surface area contributed by atoms with Crippen molar-refractivity contribution in [2.24, 2.45) is 0 Å². The number of phosphoric ester groups is 1. The fraction of sp³-hybridized carbons (Fsp3) is 1.00. The molecule has 0 aliphatic rings. The van der Waals surface area contributed by atoms with E-state index in [-0.39, 0.29) is 0 Å². The van der Waals surface area contributed by atoms with Crippen LogP contribution in [0.2, 0.25) is 0 Å². The van der Waals surface area contributed by atoms with Gasteiger partial charge < -0.3 is 19.3 Å². The lowest BCUT2D eigenvalue weighted by atomic mass is 10.5. The van der Waals surface area contributed by atoms with Crippen LogP contribution in [0.25, 0.3) is 0 Å². The van der Waals surface area contributed by atoms with Crippen molar-refractivity contribution in [3.05, 3.63) is 0 Å². The van der Waals surface area contributed by atoms with Crippen LogP contribution in [0.15, 0.2) is 0 Å². The van der Waals surface area contributed by atoms with Gasteiger partial charge in [-0.1, -0.05) is 13.8 Å². The van der Waals surface area contributed by atoms with Gasteiger partial charge in [-0.3, -0.25) is 0 Å². The van der Waals surface area contributed by atoms with E-state index in [1.165, 1.54) is 0 Å². The number of hydrogen-bond donors (Lipinski definition) is 2. The second kappa shape index (κ2) is 7.34. The van der Waals surface area contributed by atoms with Gasteiger partial charge >= 0.3 is 7.82 Å². The van der Waals surface area contributed by atoms with Gasteiger partial charge in [-0.05, 0) is 12.8 Å². The average molecular weight is 228 g/mol. The fourth-order valence-electron chi connectivity index (χ4n) is 0.649. The molecule has 0 aliphatic carbocycles. The second-order valence-electron chi connectivity index (χ2n) is 2.63. The molecule has 0 radical (unpaired) electrons. The Labute approximate surface area is 83.4 Å². The second-order valence-corrected chi connectivity index (χ2v) is 3.82. The maximum absolute atomic E-state index is 10.5. The van der Waals surface area contributed by atoms with E-state index in [0.29, 0.717) is 13.2 Å².